The number of carbonyl (C=O) groups excluding carboxylic acids is 2. The molecule has 3 aromatic rings. The van der Waals surface area contributed by atoms with Crippen molar-refractivity contribution in [2.24, 2.45) is 0 Å². The van der Waals surface area contributed by atoms with Gasteiger partial charge in [-0.2, -0.15) is 5.10 Å². The van der Waals surface area contributed by atoms with E-state index in [0.717, 1.165) is 0 Å². The summed E-state index contributed by atoms with van der Waals surface area (Å²) in [5, 5.41) is 18.1. The average molecular weight is 467 g/mol. The van der Waals surface area contributed by atoms with Crippen LogP contribution in [0.15, 0.2) is 24.5 Å². The molecule has 0 saturated carbocycles. The van der Waals surface area contributed by atoms with Crippen molar-refractivity contribution in [1.82, 2.24) is 45.4 Å². The highest BCUT2D eigenvalue weighted by atomic mass is 16.5. The van der Waals surface area contributed by atoms with Crippen LogP contribution in [-0.4, -0.2) is 83.7 Å². The maximum atomic E-state index is 13.1. The summed E-state index contributed by atoms with van der Waals surface area (Å²) in [7, 11) is 0. The molecule has 1 saturated heterocycles. The second kappa shape index (κ2) is 9.55. The molecule has 2 amide bonds. The number of fused-ring (bicyclic) bond motifs is 4. The first kappa shape index (κ1) is 21.9. The maximum absolute atomic E-state index is 13.1. The highest BCUT2D eigenvalue weighted by Gasteiger charge is 2.37. The minimum absolute atomic E-state index is 0.0569. The quantitative estimate of drug-likeness (QED) is 0.526. The molecule has 2 N–H and O–H groups in total. The third-order valence-electron chi connectivity index (χ3n) is 5.74. The highest BCUT2D eigenvalue weighted by Crippen LogP contribution is 2.20. The van der Waals surface area contributed by atoms with Gasteiger partial charge in [-0.05, 0) is 19.1 Å². The van der Waals surface area contributed by atoms with Gasteiger partial charge < -0.3 is 19.7 Å². The van der Waals surface area contributed by atoms with Crippen molar-refractivity contribution in [3.63, 3.8) is 0 Å². The Morgan fingerprint density at radius 2 is 2.24 bits per heavy atom. The lowest BCUT2D eigenvalue weighted by Gasteiger charge is -2.20. The topological polar surface area (TPSA) is 153 Å². The van der Waals surface area contributed by atoms with Crippen LogP contribution in [0.2, 0.25) is 0 Å². The first-order chi connectivity index (χ1) is 16.5. The molecule has 2 atom stereocenters. The largest absolute Gasteiger partial charge is 0.489 e. The second-order valence-corrected chi connectivity index (χ2v) is 8.24. The molecule has 13 heteroatoms. The van der Waals surface area contributed by atoms with E-state index in [0.29, 0.717) is 55.8 Å². The van der Waals surface area contributed by atoms with E-state index in [1.165, 1.54) is 6.20 Å². The van der Waals surface area contributed by atoms with Crippen molar-refractivity contribution in [2.75, 3.05) is 19.7 Å². The summed E-state index contributed by atoms with van der Waals surface area (Å²) in [6, 6.07) is 2.99. The first-order valence-corrected chi connectivity index (χ1v) is 11.1. The number of pyridine rings is 1. The van der Waals surface area contributed by atoms with Crippen molar-refractivity contribution in [3.05, 3.63) is 47.6 Å². The van der Waals surface area contributed by atoms with E-state index in [1.54, 1.807) is 27.9 Å². The number of carbonyl (C=O) groups is 2. The Balaban J connectivity index is 1.33. The van der Waals surface area contributed by atoms with Gasteiger partial charge in [0.1, 0.15) is 18.1 Å². The van der Waals surface area contributed by atoms with Crippen LogP contribution in [-0.2, 0) is 29.1 Å². The number of hydrogen-bond acceptors (Lipinski definition) is 9. The number of H-pyrrole nitrogens is 1. The lowest BCUT2D eigenvalue weighted by atomic mass is 10.2. The van der Waals surface area contributed by atoms with Crippen LogP contribution in [0.3, 0.4) is 0 Å². The molecule has 2 bridgehead atoms. The molecule has 2 aliphatic rings. The second-order valence-electron chi connectivity index (χ2n) is 8.24. The molecule has 3 aromatic heterocycles. The highest BCUT2D eigenvalue weighted by molar-refractivity contribution is 5.95. The summed E-state index contributed by atoms with van der Waals surface area (Å²) in [4.78, 5) is 36.1. The Morgan fingerprint density at radius 1 is 1.32 bits per heavy atom. The van der Waals surface area contributed by atoms with Gasteiger partial charge in [0.05, 0.1) is 31.5 Å². The number of hydrogen-bond donors (Lipinski definition) is 2. The Kier molecular flexibility index (Phi) is 6.16. The van der Waals surface area contributed by atoms with E-state index in [-0.39, 0.29) is 30.5 Å². The number of aromatic amines is 1. The first-order valence-electron chi connectivity index (χ1n) is 11.1. The van der Waals surface area contributed by atoms with Crippen LogP contribution in [0.4, 0.5) is 0 Å². The summed E-state index contributed by atoms with van der Waals surface area (Å²) >= 11 is 0. The molecule has 0 aromatic carbocycles. The molecule has 2 aliphatic heterocycles. The summed E-state index contributed by atoms with van der Waals surface area (Å²) in [5.74, 6) is 1.24. The third kappa shape index (κ3) is 4.88. The number of aryl methyl sites for hydroxylation is 2. The Labute approximate surface area is 194 Å². The summed E-state index contributed by atoms with van der Waals surface area (Å²) in [6.45, 7) is 3.45. The Morgan fingerprint density at radius 3 is 3.09 bits per heavy atom. The molecule has 0 radical (unpaired) electrons. The van der Waals surface area contributed by atoms with Gasteiger partial charge in [-0.3, -0.25) is 14.7 Å². The van der Waals surface area contributed by atoms with Crippen LogP contribution < -0.4 is 10.1 Å². The van der Waals surface area contributed by atoms with Gasteiger partial charge in [0, 0.05) is 32.1 Å². The van der Waals surface area contributed by atoms with E-state index < -0.39 is 12.1 Å². The fourth-order valence-corrected chi connectivity index (χ4v) is 4.03. The molecular formula is C21H25N9O4. The fourth-order valence-electron chi connectivity index (χ4n) is 4.03. The Bertz CT molecular complexity index is 1180. The summed E-state index contributed by atoms with van der Waals surface area (Å²) < 4.78 is 13.5. The van der Waals surface area contributed by atoms with Gasteiger partial charge in [0.15, 0.2) is 17.3 Å². The van der Waals surface area contributed by atoms with Gasteiger partial charge in [-0.15, -0.1) is 5.10 Å². The molecule has 5 rings (SSSR count). The van der Waals surface area contributed by atoms with Crippen molar-refractivity contribution in [1.29, 1.82) is 0 Å². The number of ether oxygens (including phenoxy) is 2. The number of amides is 2. The zero-order valence-electron chi connectivity index (χ0n) is 18.7. The summed E-state index contributed by atoms with van der Waals surface area (Å²) in [6.07, 6.45) is 3.61. The minimum Gasteiger partial charge on any atom is -0.489 e. The van der Waals surface area contributed by atoms with Crippen LogP contribution in [0.1, 0.15) is 34.3 Å². The molecule has 178 valence electrons. The molecule has 0 spiro atoms. The predicted molar refractivity (Wildman–Crippen MR) is 116 cm³/mol. The normalized spacial score (nSPS) is 20.6. The smallest absolute Gasteiger partial charge is 0.274 e. The maximum Gasteiger partial charge on any atom is 0.274 e. The molecule has 0 aliphatic carbocycles. The average Bonchev–Trinajstić information content (AvgIpc) is 3.56. The van der Waals surface area contributed by atoms with Gasteiger partial charge in [-0.25, -0.2) is 14.6 Å². The number of aromatic nitrogens is 7. The van der Waals surface area contributed by atoms with E-state index >= 15 is 0 Å². The number of likely N-dealkylation sites (tertiary alicyclic amines) is 1. The molecule has 0 unspecified atom stereocenters. The number of nitrogens with one attached hydrogen (secondary N) is 2. The zero-order chi connectivity index (χ0) is 23.5. The summed E-state index contributed by atoms with van der Waals surface area (Å²) in [5.41, 5.74) is 0.844. The molecule has 5 heterocycles. The molecule has 13 nitrogen and oxygen atoms in total. The van der Waals surface area contributed by atoms with Crippen molar-refractivity contribution >= 4 is 11.8 Å². The van der Waals surface area contributed by atoms with Gasteiger partial charge in [-0.1, -0.05) is 5.21 Å². The van der Waals surface area contributed by atoms with Crippen molar-refractivity contribution < 1.29 is 19.1 Å². The van der Waals surface area contributed by atoms with E-state index in [9.17, 15) is 9.59 Å². The van der Waals surface area contributed by atoms with Crippen molar-refractivity contribution in [2.45, 2.75) is 45.1 Å². The lowest BCUT2D eigenvalue weighted by molar-refractivity contribution is -0.130. The zero-order valence-corrected chi connectivity index (χ0v) is 18.7. The predicted octanol–water partition coefficient (Wildman–Crippen LogP) is -0.349. The van der Waals surface area contributed by atoms with Gasteiger partial charge in [0.25, 0.3) is 5.91 Å². The van der Waals surface area contributed by atoms with Crippen LogP contribution >= 0.6 is 0 Å². The Hall–Kier alpha value is -3.87. The minimum atomic E-state index is -0.421. The van der Waals surface area contributed by atoms with E-state index in [2.05, 4.69) is 35.8 Å². The van der Waals surface area contributed by atoms with Crippen LogP contribution in [0.5, 0.6) is 5.75 Å². The van der Waals surface area contributed by atoms with E-state index in [1.807, 2.05) is 6.92 Å². The van der Waals surface area contributed by atoms with E-state index in [4.69, 9.17) is 9.47 Å². The van der Waals surface area contributed by atoms with Crippen LogP contribution in [0.25, 0.3) is 0 Å². The molecule has 34 heavy (non-hydrogen) atoms. The standard InChI is InChI=1S/C21H25N9O4/c1-13-23-18(27-25-13)4-5-19(31)29-10-15-17(11-29)34-12-14-9-30(28-26-14)7-8-33-16-3-2-6-22-20(16)21(32)24-15/h2-3,6,9,15,17H,4-5,7-8,10-12H2,1H3,(H,24,32)(H,23,25,27)/t15-,17-/m0/s1. The van der Waals surface area contributed by atoms with Crippen LogP contribution in [0, 0.1) is 6.92 Å². The monoisotopic (exact) mass is 467 g/mol. The molecular weight excluding hydrogens is 442 g/mol. The van der Waals surface area contributed by atoms with Gasteiger partial charge >= 0.3 is 0 Å². The fraction of sp³-hybridized carbons (Fsp3) is 0.476. The van der Waals surface area contributed by atoms with Crippen molar-refractivity contribution in [3.8, 4) is 5.75 Å². The lowest BCUT2D eigenvalue weighted by Crippen LogP contribution is -2.44. The number of rotatable bonds is 3. The third-order valence-corrected chi connectivity index (χ3v) is 5.74. The molecule has 1 fully saturated rings. The SMILES string of the molecule is Cc1nc(CCC(=O)N2C[C@@H]3NC(=O)c4ncccc4OCCn4cc(nn4)CO[C@H]3C2)n[nH]1. The number of nitrogens with zero attached hydrogens (tertiary/aromatic N) is 7. The van der Waals surface area contributed by atoms with Gasteiger partial charge in [0.2, 0.25) is 5.91 Å².